The number of anilines is 1. The number of benzene rings is 1. The third kappa shape index (κ3) is 1.44. The zero-order valence-electron chi connectivity index (χ0n) is 8.06. The molecule has 1 aliphatic carbocycles. The van der Waals surface area contributed by atoms with Crippen molar-refractivity contribution in [3.63, 3.8) is 0 Å². The molecule has 1 aromatic rings. The van der Waals surface area contributed by atoms with Crippen LogP contribution in [0.15, 0.2) is 17.1 Å². The van der Waals surface area contributed by atoms with E-state index in [1.807, 2.05) is 12.1 Å². The Morgan fingerprint density at radius 2 is 2.20 bits per heavy atom. The van der Waals surface area contributed by atoms with E-state index in [-0.39, 0.29) is 6.04 Å². The third-order valence-corrected chi connectivity index (χ3v) is 3.59. The lowest BCUT2D eigenvalue weighted by Gasteiger charge is -2.29. The zero-order valence-corrected chi connectivity index (χ0v) is 9.57. The van der Waals surface area contributed by atoms with Gasteiger partial charge in [0.15, 0.2) is 5.29 Å². The molecule has 1 aromatic carbocycles. The van der Waals surface area contributed by atoms with Gasteiger partial charge in [0.1, 0.15) is 0 Å². The van der Waals surface area contributed by atoms with Crippen LogP contribution >= 0.6 is 23.2 Å². The minimum absolute atomic E-state index is 0.205. The standard InChI is InChI=1S/C11H10Cl2N2/c12-7-4-5-9-10-6(7)2-1-3-8(10)14-11(13)15-9/h4-5,8H,1-3H2,(H,14,15). The van der Waals surface area contributed by atoms with E-state index in [1.165, 1.54) is 11.1 Å². The fourth-order valence-corrected chi connectivity index (χ4v) is 2.89. The van der Waals surface area contributed by atoms with Crippen molar-refractivity contribution in [2.75, 3.05) is 5.32 Å². The van der Waals surface area contributed by atoms with E-state index in [4.69, 9.17) is 23.2 Å². The monoisotopic (exact) mass is 240 g/mol. The molecular weight excluding hydrogens is 231 g/mol. The molecule has 1 N–H and O–H groups in total. The Bertz CT molecular complexity index is 454. The maximum atomic E-state index is 6.19. The first-order valence-corrected chi connectivity index (χ1v) is 5.83. The zero-order chi connectivity index (χ0) is 10.4. The van der Waals surface area contributed by atoms with Gasteiger partial charge in [0.25, 0.3) is 0 Å². The minimum atomic E-state index is 0.205. The molecule has 1 aliphatic heterocycles. The van der Waals surface area contributed by atoms with Gasteiger partial charge in [0, 0.05) is 16.3 Å². The number of amidine groups is 1. The molecule has 0 saturated heterocycles. The number of nitrogens with zero attached hydrogens (tertiary/aromatic N) is 1. The van der Waals surface area contributed by atoms with Crippen LogP contribution in [0.4, 0.5) is 5.69 Å². The van der Waals surface area contributed by atoms with Gasteiger partial charge in [-0.3, -0.25) is 0 Å². The highest BCUT2D eigenvalue weighted by Gasteiger charge is 2.28. The van der Waals surface area contributed by atoms with Crippen molar-refractivity contribution < 1.29 is 0 Å². The van der Waals surface area contributed by atoms with Crippen molar-refractivity contribution in [2.24, 2.45) is 4.99 Å². The molecule has 0 amide bonds. The van der Waals surface area contributed by atoms with Crippen molar-refractivity contribution in [1.82, 2.24) is 0 Å². The molecule has 78 valence electrons. The van der Waals surface area contributed by atoms with Crippen molar-refractivity contribution in [3.05, 3.63) is 28.3 Å². The van der Waals surface area contributed by atoms with E-state index >= 15 is 0 Å². The van der Waals surface area contributed by atoms with Gasteiger partial charge in [-0.05, 0) is 48.6 Å². The van der Waals surface area contributed by atoms with E-state index in [2.05, 4.69) is 10.3 Å². The summed E-state index contributed by atoms with van der Waals surface area (Å²) in [5.41, 5.74) is 3.56. The number of hydrogen-bond acceptors (Lipinski definition) is 2. The molecule has 3 rings (SSSR count). The van der Waals surface area contributed by atoms with E-state index in [9.17, 15) is 0 Å². The number of nitrogens with one attached hydrogen (secondary N) is 1. The van der Waals surface area contributed by atoms with Crippen LogP contribution in [0.25, 0.3) is 0 Å². The molecule has 1 heterocycles. The third-order valence-electron chi connectivity index (χ3n) is 3.04. The molecule has 1 unspecified atom stereocenters. The molecule has 2 aliphatic rings. The molecular formula is C11H10Cl2N2. The van der Waals surface area contributed by atoms with Crippen LogP contribution in [0.3, 0.4) is 0 Å². The van der Waals surface area contributed by atoms with Crippen LogP contribution in [0.5, 0.6) is 0 Å². The van der Waals surface area contributed by atoms with Gasteiger partial charge in [-0.2, -0.15) is 0 Å². The van der Waals surface area contributed by atoms with Crippen LogP contribution < -0.4 is 5.32 Å². The first-order chi connectivity index (χ1) is 7.25. The SMILES string of the molecule is ClC1=NC2CCCc3c(Cl)ccc(c32)N1. The quantitative estimate of drug-likeness (QED) is 0.687. The summed E-state index contributed by atoms with van der Waals surface area (Å²) in [6.45, 7) is 0. The predicted octanol–water partition coefficient (Wildman–Crippen LogP) is 3.74. The summed E-state index contributed by atoms with van der Waals surface area (Å²) >= 11 is 12.1. The van der Waals surface area contributed by atoms with Crippen LogP contribution in [-0.4, -0.2) is 5.29 Å². The van der Waals surface area contributed by atoms with Crippen LogP contribution in [0, 0.1) is 0 Å². The van der Waals surface area contributed by atoms with E-state index in [1.54, 1.807) is 0 Å². The molecule has 15 heavy (non-hydrogen) atoms. The lowest BCUT2D eigenvalue weighted by Crippen LogP contribution is -2.20. The van der Waals surface area contributed by atoms with Crippen molar-refractivity contribution in [3.8, 4) is 0 Å². The van der Waals surface area contributed by atoms with Crippen molar-refractivity contribution in [1.29, 1.82) is 0 Å². The Morgan fingerprint density at radius 1 is 1.33 bits per heavy atom. The molecule has 0 spiro atoms. The molecule has 0 fully saturated rings. The first kappa shape index (κ1) is 9.49. The molecule has 0 saturated carbocycles. The lowest BCUT2D eigenvalue weighted by atomic mass is 9.86. The summed E-state index contributed by atoms with van der Waals surface area (Å²) in [4.78, 5) is 4.41. The molecule has 4 heteroatoms. The highest BCUT2D eigenvalue weighted by atomic mass is 35.5. The largest absolute Gasteiger partial charge is 0.330 e. The Balaban J connectivity index is 2.23. The molecule has 0 bridgehead atoms. The van der Waals surface area contributed by atoms with Crippen molar-refractivity contribution >= 4 is 34.2 Å². The summed E-state index contributed by atoms with van der Waals surface area (Å²) in [6.07, 6.45) is 3.25. The van der Waals surface area contributed by atoms with Crippen molar-refractivity contribution in [2.45, 2.75) is 25.3 Å². The summed E-state index contributed by atoms with van der Waals surface area (Å²) < 4.78 is 0. The van der Waals surface area contributed by atoms with E-state index < -0.39 is 0 Å². The predicted molar refractivity (Wildman–Crippen MR) is 64.0 cm³/mol. The number of aliphatic imine (C=N–C) groups is 1. The minimum Gasteiger partial charge on any atom is -0.330 e. The number of rotatable bonds is 0. The summed E-state index contributed by atoms with van der Waals surface area (Å²) in [5.74, 6) is 0. The Morgan fingerprint density at radius 3 is 3.07 bits per heavy atom. The lowest BCUT2D eigenvalue weighted by molar-refractivity contribution is 0.572. The fourth-order valence-electron chi connectivity index (χ4n) is 2.41. The topological polar surface area (TPSA) is 24.4 Å². The second-order valence-corrected chi connectivity index (χ2v) is 4.71. The first-order valence-electron chi connectivity index (χ1n) is 5.07. The average molecular weight is 241 g/mol. The van der Waals surface area contributed by atoms with Gasteiger partial charge in [-0.25, -0.2) is 4.99 Å². The normalized spacial score (nSPS) is 22.8. The highest BCUT2D eigenvalue weighted by Crippen LogP contribution is 2.42. The average Bonchev–Trinajstić information content (AvgIpc) is 2.23. The van der Waals surface area contributed by atoms with Gasteiger partial charge in [-0.1, -0.05) is 11.6 Å². The molecule has 0 aromatic heterocycles. The van der Waals surface area contributed by atoms with Crippen LogP contribution in [-0.2, 0) is 6.42 Å². The second-order valence-electron chi connectivity index (χ2n) is 3.94. The summed E-state index contributed by atoms with van der Waals surface area (Å²) in [6, 6.07) is 4.12. The van der Waals surface area contributed by atoms with Gasteiger partial charge < -0.3 is 5.32 Å². The smallest absolute Gasteiger partial charge is 0.196 e. The number of halogens is 2. The maximum Gasteiger partial charge on any atom is 0.196 e. The molecule has 0 radical (unpaired) electrons. The number of hydrogen-bond donors (Lipinski definition) is 1. The Labute approximate surface area is 98.3 Å². The Kier molecular flexibility index (Phi) is 2.15. The van der Waals surface area contributed by atoms with E-state index in [0.717, 1.165) is 30.0 Å². The van der Waals surface area contributed by atoms with E-state index in [0.29, 0.717) is 5.29 Å². The van der Waals surface area contributed by atoms with Crippen LogP contribution in [0.2, 0.25) is 5.02 Å². The summed E-state index contributed by atoms with van der Waals surface area (Å²) in [5, 5.41) is 4.43. The van der Waals surface area contributed by atoms with Gasteiger partial charge in [0.05, 0.1) is 6.04 Å². The maximum absolute atomic E-state index is 6.19. The van der Waals surface area contributed by atoms with Gasteiger partial charge >= 0.3 is 0 Å². The van der Waals surface area contributed by atoms with Gasteiger partial charge in [-0.15, -0.1) is 0 Å². The van der Waals surface area contributed by atoms with Crippen LogP contribution in [0.1, 0.15) is 30.0 Å². The fraction of sp³-hybridized carbons (Fsp3) is 0.364. The Hall–Kier alpha value is -0.730. The highest BCUT2D eigenvalue weighted by molar-refractivity contribution is 6.67. The second kappa shape index (κ2) is 3.39. The molecule has 1 atom stereocenters. The molecule has 2 nitrogen and oxygen atoms in total. The van der Waals surface area contributed by atoms with Gasteiger partial charge in [0.2, 0.25) is 0 Å². The summed E-state index contributed by atoms with van der Waals surface area (Å²) in [7, 11) is 0.